The quantitative estimate of drug-likeness (QED) is 0.722. The highest BCUT2D eigenvalue weighted by Gasteiger charge is 2.14. The van der Waals surface area contributed by atoms with E-state index in [0.717, 1.165) is 0 Å². The van der Waals surface area contributed by atoms with Crippen LogP contribution in [0.1, 0.15) is 18.0 Å². The van der Waals surface area contributed by atoms with Gasteiger partial charge in [0.05, 0.1) is 0 Å². The normalized spacial score (nSPS) is 11.9. The fourth-order valence-corrected chi connectivity index (χ4v) is 1.18. The van der Waals surface area contributed by atoms with Gasteiger partial charge in [0.2, 0.25) is 0 Å². The van der Waals surface area contributed by atoms with Gasteiger partial charge in [-0.25, -0.2) is 4.39 Å². The van der Waals surface area contributed by atoms with Gasteiger partial charge in [-0.3, -0.25) is 0 Å². The van der Waals surface area contributed by atoms with Crippen LogP contribution in [-0.4, -0.2) is 16.8 Å². The van der Waals surface area contributed by atoms with E-state index in [9.17, 15) is 9.50 Å². The molecular formula is C9H13ClFNO2. The van der Waals surface area contributed by atoms with Crippen molar-refractivity contribution in [3.63, 3.8) is 0 Å². The molecule has 0 saturated carbocycles. The lowest BCUT2D eigenvalue weighted by atomic mass is 10.0. The summed E-state index contributed by atoms with van der Waals surface area (Å²) in [5.74, 6) is -0.707. The van der Waals surface area contributed by atoms with Gasteiger partial charge in [0.25, 0.3) is 0 Å². The zero-order valence-electron chi connectivity index (χ0n) is 7.48. The maximum absolute atomic E-state index is 13.1. The molecule has 0 aromatic heterocycles. The van der Waals surface area contributed by atoms with E-state index < -0.39 is 11.9 Å². The van der Waals surface area contributed by atoms with E-state index in [1.54, 1.807) is 0 Å². The first-order valence-electron chi connectivity index (χ1n) is 4.00. The summed E-state index contributed by atoms with van der Waals surface area (Å²) in [5, 5.41) is 17.9. The Kier molecular flexibility index (Phi) is 5.45. The number of benzene rings is 1. The summed E-state index contributed by atoms with van der Waals surface area (Å²) in [4.78, 5) is 0. The molecule has 0 aliphatic carbocycles. The van der Waals surface area contributed by atoms with E-state index in [1.165, 1.54) is 18.2 Å². The van der Waals surface area contributed by atoms with E-state index in [0.29, 0.717) is 0 Å². The summed E-state index contributed by atoms with van der Waals surface area (Å²) < 4.78 is 13.1. The molecule has 0 aliphatic rings. The van der Waals surface area contributed by atoms with Crippen LogP contribution in [0, 0.1) is 5.82 Å². The molecule has 1 rings (SSSR count). The van der Waals surface area contributed by atoms with Gasteiger partial charge in [0.15, 0.2) is 0 Å². The standard InChI is InChI=1S/C9H12FNO2.ClH/c10-6-2-1-3-8(13)9(6)7(11)4-5-12;/h1-3,7,12-13H,4-5,11H2;1H. The summed E-state index contributed by atoms with van der Waals surface area (Å²) in [7, 11) is 0. The zero-order chi connectivity index (χ0) is 9.84. The minimum absolute atomic E-state index is 0. The van der Waals surface area contributed by atoms with Gasteiger partial charge in [-0.05, 0) is 18.6 Å². The SMILES string of the molecule is Cl.NC(CCO)c1c(O)cccc1F. The van der Waals surface area contributed by atoms with E-state index in [4.69, 9.17) is 10.8 Å². The second-order valence-electron chi connectivity index (χ2n) is 2.79. The first kappa shape index (κ1) is 13.2. The largest absolute Gasteiger partial charge is 0.508 e. The summed E-state index contributed by atoms with van der Waals surface area (Å²) in [5.41, 5.74) is 5.61. The molecule has 1 aromatic carbocycles. The van der Waals surface area contributed by atoms with Crippen molar-refractivity contribution in [1.82, 2.24) is 0 Å². The van der Waals surface area contributed by atoms with Crippen molar-refractivity contribution >= 4 is 12.4 Å². The van der Waals surface area contributed by atoms with Crippen molar-refractivity contribution in [2.24, 2.45) is 5.73 Å². The highest BCUT2D eigenvalue weighted by molar-refractivity contribution is 5.85. The summed E-state index contributed by atoms with van der Waals surface area (Å²) in [6.45, 7) is -0.130. The maximum atomic E-state index is 13.1. The predicted molar refractivity (Wildman–Crippen MR) is 53.9 cm³/mol. The first-order valence-corrected chi connectivity index (χ1v) is 4.00. The van der Waals surface area contributed by atoms with Crippen LogP contribution in [0.2, 0.25) is 0 Å². The Hall–Kier alpha value is -0.840. The van der Waals surface area contributed by atoms with Crippen molar-refractivity contribution in [3.05, 3.63) is 29.6 Å². The van der Waals surface area contributed by atoms with Crippen LogP contribution >= 0.6 is 12.4 Å². The molecule has 0 amide bonds. The Morgan fingerprint density at radius 3 is 2.57 bits per heavy atom. The summed E-state index contributed by atoms with van der Waals surface area (Å²) >= 11 is 0. The molecule has 80 valence electrons. The molecule has 5 heteroatoms. The van der Waals surface area contributed by atoms with Gasteiger partial charge >= 0.3 is 0 Å². The van der Waals surface area contributed by atoms with Gasteiger partial charge < -0.3 is 15.9 Å². The van der Waals surface area contributed by atoms with Crippen molar-refractivity contribution in [3.8, 4) is 5.75 Å². The number of phenols is 1. The smallest absolute Gasteiger partial charge is 0.131 e. The second-order valence-corrected chi connectivity index (χ2v) is 2.79. The number of nitrogens with two attached hydrogens (primary N) is 1. The van der Waals surface area contributed by atoms with E-state index in [2.05, 4.69) is 0 Å². The third kappa shape index (κ3) is 2.83. The van der Waals surface area contributed by atoms with E-state index in [-0.39, 0.29) is 36.7 Å². The van der Waals surface area contributed by atoms with Crippen molar-refractivity contribution < 1.29 is 14.6 Å². The number of hydrogen-bond donors (Lipinski definition) is 3. The molecule has 0 fully saturated rings. The summed E-state index contributed by atoms with van der Waals surface area (Å²) in [6, 6.07) is 3.34. The van der Waals surface area contributed by atoms with E-state index >= 15 is 0 Å². The molecule has 1 aromatic rings. The lowest BCUT2D eigenvalue weighted by Crippen LogP contribution is -2.13. The van der Waals surface area contributed by atoms with Crippen LogP contribution in [0.25, 0.3) is 0 Å². The van der Waals surface area contributed by atoms with Crippen LogP contribution in [0.3, 0.4) is 0 Å². The Labute approximate surface area is 87.8 Å². The van der Waals surface area contributed by atoms with Gasteiger partial charge in [-0.2, -0.15) is 0 Å². The minimum Gasteiger partial charge on any atom is -0.508 e. The molecule has 0 spiro atoms. The fourth-order valence-electron chi connectivity index (χ4n) is 1.18. The van der Waals surface area contributed by atoms with Crippen LogP contribution < -0.4 is 5.73 Å². The van der Waals surface area contributed by atoms with E-state index in [1.807, 2.05) is 0 Å². The number of aliphatic hydroxyl groups excluding tert-OH is 1. The Bertz CT molecular complexity index is 276. The molecule has 1 atom stereocenters. The molecule has 0 heterocycles. The van der Waals surface area contributed by atoms with Gasteiger partial charge in [0, 0.05) is 18.2 Å². The Balaban J connectivity index is 0.00000169. The number of aliphatic hydroxyl groups is 1. The third-order valence-electron chi connectivity index (χ3n) is 1.84. The number of halogens is 2. The Morgan fingerprint density at radius 2 is 2.07 bits per heavy atom. The molecular weight excluding hydrogens is 209 g/mol. The number of aromatic hydroxyl groups is 1. The monoisotopic (exact) mass is 221 g/mol. The second kappa shape index (κ2) is 5.80. The molecule has 1 unspecified atom stereocenters. The molecule has 0 bridgehead atoms. The van der Waals surface area contributed by atoms with Crippen molar-refractivity contribution in [2.45, 2.75) is 12.5 Å². The molecule has 0 aliphatic heterocycles. The Morgan fingerprint density at radius 1 is 1.43 bits per heavy atom. The van der Waals surface area contributed by atoms with Crippen molar-refractivity contribution in [2.75, 3.05) is 6.61 Å². The average Bonchev–Trinajstić information content (AvgIpc) is 2.04. The minimum atomic E-state index is -0.661. The van der Waals surface area contributed by atoms with Gasteiger partial charge in [-0.1, -0.05) is 6.07 Å². The molecule has 4 N–H and O–H groups in total. The maximum Gasteiger partial charge on any atom is 0.131 e. The van der Waals surface area contributed by atoms with Crippen LogP contribution in [0.4, 0.5) is 4.39 Å². The highest BCUT2D eigenvalue weighted by atomic mass is 35.5. The topological polar surface area (TPSA) is 66.5 Å². The highest BCUT2D eigenvalue weighted by Crippen LogP contribution is 2.26. The average molecular weight is 222 g/mol. The number of hydrogen-bond acceptors (Lipinski definition) is 3. The summed E-state index contributed by atoms with van der Waals surface area (Å²) in [6.07, 6.45) is 0.231. The first-order chi connectivity index (χ1) is 6.16. The molecule has 0 radical (unpaired) electrons. The van der Waals surface area contributed by atoms with Crippen LogP contribution in [0.15, 0.2) is 18.2 Å². The lowest BCUT2D eigenvalue weighted by molar-refractivity contribution is 0.274. The number of rotatable bonds is 3. The number of phenolic OH excluding ortho intramolecular Hbond substituents is 1. The van der Waals surface area contributed by atoms with Crippen LogP contribution in [-0.2, 0) is 0 Å². The molecule has 14 heavy (non-hydrogen) atoms. The van der Waals surface area contributed by atoms with Gasteiger partial charge in [0.1, 0.15) is 11.6 Å². The predicted octanol–water partition coefficient (Wildman–Crippen LogP) is 1.34. The molecule has 0 saturated heterocycles. The molecule has 3 nitrogen and oxygen atoms in total. The zero-order valence-corrected chi connectivity index (χ0v) is 8.30. The van der Waals surface area contributed by atoms with Crippen LogP contribution in [0.5, 0.6) is 5.75 Å². The van der Waals surface area contributed by atoms with Gasteiger partial charge in [-0.15, -0.1) is 12.4 Å². The van der Waals surface area contributed by atoms with Crippen molar-refractivity contribution in [1.29, 1.82) is 0 Å². The lowest BCUT2D eigenvalue weighted by Gasteiger charge is -2.12. The fraction of sp³-hybridized carbons (Fsp3) is 0.333. The third-order valence-corrected chi connectivity index (χ3v) is 1.84.